The van der Waals surface area contributed by atoms with E-state index < -0.39 is 0 Å². The normalized spacial score (nSPS) is 12.2. The summed E-state index contributed by atoms with van der Waals surface area (Å²) in [5.41, 5.74) is 4.12. The Morgan fingerprint density at radius 1 is 1.16 bits per heavy atom. The molecule has 3 rings (SSSR count). The quantitative estimate of drug-likeness (QED) is 0.663. The van der Waals surface area contributed by atoms with Gasteiger partial charge in [-0.15, -0.1) is 0 Å². The average Bonchev–Trinajstić information content (AvgIpc) is 3.10. The Hall–Kier alpha value is -2.50. The molecule has 1 atom stereocenters. The molecule has 2 heterocycles. The molecule has 2 N–H and O–H groups in total. The Bertz CT molecular complexity index is 771. The average molecular weight is 336 g/mol. The molecular weight excluding hydrogens is 312 g/mol. The second kappa shape index (κ2) is 8.55. The summed E-state index contributed by atoms with van der Waals surface area (Å²) in [6, 6.07) is 14.4. The lowest BCUT2D eigenvalue weighted by Crippen LogP contribution is -2.25. The highest BCUT2D eigenvalue weighted by molar-refractivity contribution is 5.62. The molecule has 5 nitrogen and oxygen atoms in total. The Morgan fingerprint density at radius 3 is 2.72 bits per heavy atom. The van der Waals surface area contributed by atoms with E-state index in [1.54, 1.807) is 6.20 Å². The van der Waals surface area contributed by atoms with Crippen LogP contribution in [0.5, 0.6) is 0 Å². The molecule has 0 saturated carbocycles. The predicted octanol–water partition coefficient (Wildman–Crippen LogP) is 3.18. The lowest BCUT2D eigenvalue weighted by atomic mass is 10.1. The Morgan fingerprint density at radius 2 is 2.00 bits per heavy atom. The van der Waals surface area contributed by atoms with Gasteiger partial charge in [-0.2, -0.15) is 5.10 Å². The van der Waals surface area contributed by atoms with Crippen molar-refractivity contribution >= 4 is 0 Å². The van der Waals surface area contributed by atoms with Crippen molar-refractivity contribution in [3.8, 4) is 16.9 Å². The maximum Gasteiger partial charge on any atom is 0.0988 e. The van der Waals surface area contributed by atoms with Gasteiger partial charge < -0.3 is 10.4 Å². The van der Waals surface area contributed by atoms with Crippen LogP contribution in [0.2, 0.25) is 0 Å². The van der Waals surface area contributed by atoms with Crippen LogP contribution >= 0.6 is 0 Å². The van der Waals surface area contributed by atoms with Crippen LogP contribution in [0.15, 0.2) is 61.1 Å². The number of aliphatic hydroxyl groups is 1. The standard InChI is InChI=1S/C20H24N4O/c1-16(7-6-12-25)22-14-18-15-24(19-9-3-2-4-10-19)23-20(18)17-8-5-11-21-13-17/h2-5,8-11,13,15-16,22,25H,6-7,12,14H2,1H3. The fourth-order valence-corrected chi connectivity index (χ4v) is 2.78. The van der Waals surface area contributed by atoms with Crippen molar-refractivity contribution in [2.24, 2.45) is 0 Å². The molecule has 0 fully saturated rings. The predicted molar refractivity (Wildman–Crippen MR) is 99.4 cm³/mol. The number of nitrogens with zero attached hydrogens (tertiary/aromatic N) is 3. The van der Waals surface area contributed by atoms with Gasteiger partial charge in [0.25, 0.3) is 0 Å². The minimum Gasteiger partial charge on any atom is -0.396 e. The fourth-order valence-electron chi connectivity index (χ4n) is 2.78. The number of hydrogen-bond acceptors (Lipinski definition) is 4. The van der Waals surface area contributed by atoms with Crippen molar-refractivity contribution in [1.82, 2.24) is 20.1 Å². The molecule has 2 aromatic heterocycles. The van der Waals surface area contributed by atoms with Gasteiger partial charge in [-0.25, -0.2) is 4.68 Å². The molecule has 0 saturated heterocycles. The van der Waals surface area contributed by atoms with Gasteiger partial charge in [-0.1, -0.05) is 18.2 Å². The van der Waals surface area contributed by atoms with E-state index in [-0.39, 0.29) is 6.61 Å². The zero-order chi connectivity index (χ0) is 17.5. The molecule has 3 aromatic rings. The van der Waals surface area contributed by atoms with Crippen LogP contribution in [0.1, 0.15) is 25.3 Å². The summed E-state index contributed by atoms with van der Waals surface area (Å²) in [5.74, 6) is 0. The highest BCUT2D eigenvalue weighted by atomic mass is 16.2. The molecule has 0 aliphatic carbocycles. The van der Waals surface area contributed by atoms with Gasteiger partial charge in [-0.3, -0.25) is 4.98 Å². The van der Waals surface area contributed by atoms with E-state index in [0.717, 1.165) is 41.9 Å². The number of aliphatic hydroxyl groups excluding tert-OH is 1. The summed E-state index contributed by atoms with van der Waals surface area (Å²) >= 11 is 0. The topological polar surface area (TPSA) is 63.0 Å². The van der Waals surface area contributed by atoms with E-state index in [9.17, 15) is 0 Å². The summed E-state index contributed by atoms with van der Waals surface area (Å²) < 4.78 is 1.91. The van der Waals surface area contributed by atoms with E-state index in [1.165, 1.54) is 0 Å². The Kier molecular flexibility index (Phi) is 5.93. The smallest absolute Gasteiger partial charge is 0.0988 e. The summed E-state index contributed by atoms with van der Waals surface area (Å²) in [6.07, 6.45) is 7.45. The van der Waals surface area contributed by atoms with Crippen LogP contribution in [-0.4, -0.2) is 32.5 Å². The SMILES string of the molecule is CC(CCCO)NCc1cn(-c2ccccc2)nc1-c1cccnc1. The van der Waals surface area contributed by atoms with E-state index in [4.69, 9.17) is 10.2 Å². The number of aromatic nitrogens is 3. The third kappa shape index (κ3) is 4.53. The van der Waals surface area contributed by atoms with Crippen LogP contribution in [0.3, 0.4) is 0 Å². The fraction of sp³-hybridized carbons (Fsp3) is 0.300. The number of pyridine rings is 1. The van der Waals surface area contributed by atoms with Gasteiger partial charge in [0.2, 0.25) is 0 Å². The molecule has 1 unspecified atom stereocenters. The van der Waals surface area contributed by atoms with Crippen LogP contribution < -0.4 is 5.32 Å². The van der Waals surface area contributed by atoms with Crippen LogP contribution in [0, 0.1) is 0 Å². The first kappa shape index (κ1) is 17.3. The molecular formula is C20H24N4O. The molecule has 25 heavy (non-hydrogen) atoms. The van der Waals surface area contributed by atoms with E-state index in [1.807, 2.05) is 53.3 Å². The van der Waals surface area contributed by atoms with Crippen LogP contribution in [0.4, 0.5) is 0 Å². The zero-order valence-electron chi connectivity index (χ0n) is 14.5. The number of para-hydroxylation sites is 1. The van der Waals surface area contributed by atoms with Gasteiger partial charge in [0, 0.05) is 48.9 Å². The second-order valence-corrected chi connectivity index (χ2v) is 6.17. The number of nitrogens with one attached hydrogen (secondary N) is 1. The molecule has 130 valence electrons. The summed E-state index contributed by atoms with van der Waals surface area (Å²) in [5, 5.41) is 17.3. The lowest BCUT2D eigenvalue weighted by Gasteiger charge is -2.12. The molecule has 0 aliphatic heterocycles. The summed E-state index contributed by atoms with van der Waals surface area (Å²) in [7, 11) is 0. The highest BCUT2D eigenvalue weighted by Crippen LogP contribution is 2.23. The van der Waals surface area contributed by atoms with Gasteiger partial charge >= 0.3 is 0 Å². The van der Waals surface area contributed by atoms with E-state index in [2.05, 4.69) is 23.4 Å². The summed E-state index contributed by atoms with van der Waals surface area (Å²) in [6.45, 7) is 3.10. The molecule has 0 radical (unpaired) electrons. The zero-order valence-corrected chi connectivity index (χ0v) is 14.5. The first-order valence-corrected chi connectivity index (χ1v) is 8.66. The first-order chi connectivity index (χ1) is 12.3. The second-order valence-electron chi connectivity index (χ2n) is 6.17. The van der Waals surface area contributed by atoms with E-state index in [0.29, 0.717) is 6.04 Å². The van der Waals surface area contributed by atoms with Gasteiger partial charge in [-0.05, 0) is 44.0 Å². The minimum atomic E-state index is 0.235. The maximum atomic E-state index is 8.97. The van der Waals surface area contributed by atoms with Crippen molar-refractivity contribution in [3.05, 3.63) is 66.6 Å². The Balaban J connectivity index is 1.86. The molecule has 0 amide bonds. The molecule has 0 bridgehead atoms. The highest BCUT2D eigenvalue weighted by Gasteiger charge is 2.13. The van der Waals surface area contributed by atoms with Crippen molar-refractivity contribution in [3.63, 3.8) is 0 Å². The maximum absolute atomic E-state index is 8.97. The third-order valence-electron chi connectivity index (χ3n) is 4.18. The molecule has 5 heteroatoms. The summed E-state index contributed by atoms with van der Waals surface area (Å²) in [4.78, 5) is 4.22. The number of benzene rings is 1. The molecule has 1 aromatic carbocycles. The Labute approximate surface area is 148 Å². The van der Waals surface area contributed by atoms with Crippen molar-refractivity contribution in [2.45, 2.75) is 32.4 Å². The van der Waals surface area contributed by atoms with E-state index >= 15 is 0 Å². The van der Waals surface area contributed by atoms with Gasteiger partial charge in [0.1, 0.15) is 0 Å². The van der Waals surface area contributed by atoms with Crippen LogP contribution in [0.25, 0.3) is 16.9 Å². The lowest BCUT2D eigenvalue weighted by molar-refractivity contribution is 0.276. The molecule has 0 spiro atoms. The number of hydrogen-bond donors (Lipinski definition) is 2. The minimum absolute atomic E-state index is 0.235. The van der Waals surface area contributed by atoms with Crippen molar-refractivity contribution in [2.75, 3.05) is 6.61 Å². The van der Waals surface area contributed by atoms with Gasteiger partial charge in [0.15, 0.2) is 0 Å². The first-order valence-electron chi connectivity index (χ1n) is 8.66. The monoisotopic (exact) mass is 336 g/mol. The third-order valence-corrected chi connectivity index (χ3v) is 4.18. The van der Waals surface area contributed by atoms with Crippen molar-refractivity contribution in [1.29, 1.82) is 0 Å². The van der Waals surface area contributed by atoms with Crippen molar-refractivity contribution < 1.29 is 5.11 Å². The van der Waals surface area contributed by atoms with Gasteiger partial charge in [0.05, 0.1) is 11.4 Å². The van der Waals surface area contributed by atoms with Crippen LogP contribution in [-0.2, 0) is 6.54 Å². The molecule has 0 aliphatic rings. The number of rotatable bonds is 8. The largest absolute Gasteiger partial charge is 0.396 e.